The first kappa shape index (κ1) is 13.4. The lowest BCUT2D eigenvalue weighted by Crippen LogP contribution is -2.27. The number of amides is 1. The Balaban J connectivity index is 2.32. The molecule has 1 unspecified atom stereocenters. The van der Waals surface area contributed by atoms with Gasteiger partial charge in [-0.1, -0.05) is 15.9 Å². The van der Waals surface area contributed by atoms with Crippen molar-refractivity contribution in [3.05, 3.63) is 28.5 Å². The number of hydrogen-bond donors (Lipinski definition) is 0. The van der Waals surface area contributed by atoms with Crippen molar-refractivity contribution in [2.75, 3.05) is 11.4 Å². The van der Waals surface area contributed by atoms with Gasteiger partial charge in [0.1, 0.15) is 11.1 Å². The van der Waals surface area contributed by atoms with Gasteiger partial charge in [0, 0.05) is 23.1 Å². The first-order valence-corrected chi connectivity index (χ1v) is 7.21. The summed E-state index contributed by atoms with van der Waals surface area (Å²) >= 11 is 3.06. The van der Waals surface area contributed by atoms with Crippen LogP contribution in [0.25, 0.3) is 0 Å². The Morgan fingerprint density at radius 1 is 1.33 bits per heavy atom. The standard InChI is InChI=1S/C10H8BrF2NO3S/c11-6-1-7(12)3-8(2-6)14-5-9(4-10(14)15)18(13,16)17/h1-3,9H,4-5H2. The van der Waals surface area contributed by atoms with Crippen LogP contribution in [0.3, 0.4) is 0 Å². The molecule has 1 amide bonds. The first-order valence-electron chi connectivity index (χ1n) is 4.97. The quantitative estimate of drug-likeness (QED) is 0.774. The van der Waals surface area contributed by atoms with Gasteiger partial charge in [0.25, 0.3) is 0 Å². The van der Waals surface area contributed by atoms with E-state index in [4.69, 9.17) is 0 Å². The summed E-state index contributed by atoms with van der Waals surface area (Å²) in [6, 6.07) is 3.76. The van der Waals surface area contributed by atoms with Gasteiger partial charge in [0.15, 0.2) is 0 Å². The molecule has 1 heterocycles. The van der Waals surface area contributed by atoms with E-state index in [1.54, 1.807) is 0 Å². The number of rotatable bonds is 2. The van der Waals surface area contributed by atoms with Crippen LogP contribution in [0.15, 0.2) is 22.7 Å². The number of anilines is 1. The van der Waals surface area contributed by atoms with Crippen molar-refractivity contribution < 1.29 is 21.5 Å². The van der Waals surface area contributed by atoms with Gasteiger partial charge >= 0.3 is 10.2 Å². The summed E-state index contributed by atoms with van der Waals surface area (Å²) in [5, 5.41) is -1.38. The number of carbonyl (C=O) groups is 1. The summed E-state index contributed by atoms with van der Waals surface area (Å²) in [4.78, 5) is 12.7. The lowest BCUT2D eigenvalue weighted by atomic mass is 10.3. The lowest BCUT2D eigenvalue weighted by Gasteiger charge is -2.16. The van der Waals surface area contributed by atoms with Crippen LogP contribution in [-0.2, 0) is 15.0 Å². The van der Waals surface area contributed by atoms with Gasteiger partial charge in [0.05, 0.1) is 0 Å². The van der Waals surface area contributed by atoms with E-state index < -0.39 is 33.6 Å². The van der Waals surface area contributed by atoms with Gasteiger partial charge in [-0.2, -0.15) is 8.42 Å². The second kappa shape index (κ2) is 4.58. The molecule has 18 heavy (non-hydrogen) atoms. The first-order chi connectivity index (χ1) is 8.27. The van der Waals surface area contributed by atoms with Crippen LogP contribution in [0.1, 0.15) is 6.42 Å². The fraction of sp³-hybridized carbons (Fsp3) is 0.300. The highest BCUT2D eigenvalue weighted by Crippen LogP contribution is 2.28. The zero-order valence-corrected chi connectivity index (χ0v) is 11.3. The molecule has 0 spiro atoms. The number of halogens is 3. The average molecular weight is 340 g/mol. The largest absolute Gasteiger partial charge is 0.311 e. The summed E-state index contributed by atoms with van der Waals surface area (Å²) in [6.45, 7) is -0.298. The Labute approximate surface area is 111 Å². The molecule has 2 rings (SSSR count). The molecule has 8 heteroatoms. The predicted molar refractivity (Wildman–Crippen MR) is 64.9 cm³/mol. The zero-order chi connectivity index (χ0) is 13.5. The van der Waals surface area contributed by atoms with Crippen molar-refractivity contribution in [1.29, 1.82) is 0 Å². The molecule has 1 aliphatic rings. The van der Waals surface area contributed by atoms with E-state index in [1.807, 2.05) is 0 Å². The van der Waals surface area contributed by atoms with E-state index in [9.17, 15) is 21.5 Å². The van der Waals surface area contributed by atoms with Gasteiger partial charge in [-0.05, 0) is 18.2 Å². The molecule has 0 radical (unpaired) electrons. The Bertz CT molecular complexity index is 585. The van der Waals surface area contributed by atoms with E-state index in [1.165, 1.54) is 12.1 Å². The third-order valence-corrected chi connectivity index (χ3v) is 4.22. The summed E-state index contributed by atoms with van der Waals surface area (Å²) in [7, 11) is -4.76. The minimum absolute atomic E-state index is 0.207. The zero-order valence-electron chi connectivity index (χ0n) is 8.94. The van der Waals surface area contributed by atoms with E-state index in [-0.39, 0.29) is 12.2 Å². The molecule has 4 nitrogen and oxygen atoms in total. The van der Waals surface area contributed by atoms with Crippen molar-refractivity contribution in [2.24, 2.45) is 0 Å². The predicted octanol–water partition coefficient (Wildman–Crippen LogP) is 1.99. The molecule has 0 aromatic heterocycles. The Kier molecular flexibility index (Phi) is 3.41. The van der Waals surface area contributed by atoms with E-state index in [2.05, 4.69) is 15.9 Å². The molecule has 1 aromatic rings. The Hall–Kier alpha value is -1.02. The minimum Gasteiger partial charge on any atom is -0.311 e. The average Bonchev–Trinajstić information content (AvgIpc) is 2.58. The van der Waals surface area contributed by atoms with Crippen molar-refractivity contribution in [3.63, 3.8) is 0 Å². The molecule has 1 aliphatic heterocycles. The van der Waals surface area contributed by atoms with Crippen molar-refractivity contribution in [2.45, 2.75) is 11.7 Å². The van der Waals surface area contributed by atoms with Gasteiger partial charge in [-0.25, -0.2) is 4.39 Å². The molecule has 0 aliphatic carbocycles. The highest BCUT2D eigenvalue weighted by Gasteiger charge is 2.39. The van der Waals surface area contributed by atoms with Gasteiger partial charge in [0.2, 0.25) is 5.91 Å². The maximum atomic E-state index is 13.2. The highest BCUT2D eigenvalue weighted by molar-refractivity contribution is 9.10. The molecule has 1 atom stereocenters. The number of hydrogen-bond acceptors (Lipinski definition) is 3. The van der Waals surface area contributed by atoms with Crippen LogP contribution in [0.2, 0.25) is 0 Å². The number of nitrogens with zero attached hydrogens (tertiary/aromatic N) is 1. The van der Waals surface area contributed by atoms with Gasteiger partial charge in [-0.3, -0.25) is 4.79 Å². The van der Waals surface area contributed by atoms with E-state index in [0.29, 0.717) is 4.47 Å². The van der Waals surface area contributed by atoms with Gasteiger partial charge in [-0.15, -0.1) is 3.89 Å². The van der Waals surface area contributed by atoms with E-state index >= 15 is 0 Å². The molecule has 98 valence electrons. The molecular formula is C10H8BrF2NO3S. The number of carbonyl (C=O) groups excluding carboxylic acids is 1. The number of benzene rings is 1. The van der Waals surface area contributed by atoms with E-state index in [0.717, 1.165) is 11.0 Å². The van der Waals surface area contributed by atoms with Crippen LogP contribution in [0.4, 0.5) is 14.0 Å². The Morgan fingerprint density at radius 2 is 2.00 bits per heavy atom. The molecule has 0 saturated carbocycles. The lowest BCUT2D eigenvalue weighted by molar-refractivity contribution is -0.117. The maximum Gasteiger partial charge on any atom is 0.307 e. The summed E-state index contributed by atoms with van der Waals surface area (Å²) in [5.74, 6) is -1.11. The Morgan fingerprint density at radius 3 is 2.50 bits per heavy atom. The van der Waals surface area contributed by atoms with Crippen molar-refractivity contribution >= 4 is 37.7 Å². The smallest absolute Gasteiger partial charge is 0.307 e. The molecule has 0 bridgehead atoms. The molecular weight excluding hydrogens is 332 g/mol. The highest BCUT2D eigenvalue weighted by atomic mass is 79.9. The summed E-state index contributed by atoms with van der Waals surface area (Å²) in [5.41, 5.74) is 0.207. The van der Waals surface area contributed by atoms with Crippen LogP contribution >= 0.6 is 15.9 Å². The van der Waals surface area contributed by atoms with Crippen LogP contribution < -0.4 is 4.90 Å². The van der Waals surface area contributed by atoms with Crippen molar-refractivity contribution in [1.82, 2.24) is 0 Å². The maximum absolute atomic E-state index is 13.2. The molecule has 1 fully saturated rings. The summed E-state index contributed by atoms with van der Waals surface area (Å²) in [6.07, 6.45) is -0.424. The van der Waals surface area contributed by atoms with Crippen molar-refractivity contribution in [3.8, 4) is 0 Å². The topological polar surface area (TPSA) is 54.5 Å². The van der Waals surface area contributed by atoms with Crippen LogP contribution in [0, 0.1) is 5.82 Å². The SMILES string of the molecule is O=C1CC(S(=O)(=O)F)CN1c1cc(F)cc(Br)c1. The second-order valence-corrected chi connectivity index (χ2v) is 6.47. The van der Waals surface area contributed by atoms with Gasteiger partial charge < -0.3 is 4.90 Å². The second-order valence-electron chi connectivity index (χ2n) is 3.93. The normalized spacial score (nSPS) is 20.5. The minimum atomic E-state index is -4.76. The third-order valence-electron chi connectivity index (χ3n) is 2.65. The van der Waals surface area contributed by atoms with Crippen LogP contribution in [-0.4, -0.2) is 26.1 Å². The monoisotopic (exact) mass is 339 g/mol. The fourth-order valence-corrected chi connectivity index (χ4v) is 2.93. The molecule has 1 saturated heterocycles. The molecule has 0 N–H and O–H groups in total. The summed E-state index contributed by atoms with van der Waals surface area (Å²) < 4.78 is 47.9. The van der Waals surface area contributed by atoms with Crippen LogP contribution in [0.5, 0.6) is 0 Å². The fourth-order valence-electron chi connectivity index (χ4n) is 1.81. The molecule has 1 aromatic carbocycles. The third kappa shape index (κ3) is 2.69.